The molecule has 0 saturated heterocycles. The van der Waals surface area contributed by atoms with Gasteiger partial charge in [-0.2, -0.15) is 0 Å². The monoisotopic (exact) mass is 855 g/mol. The summed E-state index contributed by atoms with van der Waals surface area (Å²) >= 11 is 0. The number of hydrogen-bond donors (Lipinski definition) is 0. The van der Waals surface area contributed by atoms with Crippen LogP contribution in [0, 0.1) is 0 Å². The number of fused-ring (bicyclic) bond motifs is 7. The molecule has 0 atom stereocenters. The molecule has 0 bridgehead atoms. The van der Waals surface area contributed by atoms with Crippen LogP contribution in [0.2, 0.25) is 0 Å². The largest absolute Gasteiger partial charge is 0.456 e. The molecule has 2 heterocycles. The molecule has 13 aromatic rings. The summed E-state index contributed by atoms with van der Waals surface area (Å²) in [5.41, 5.74) is 18.6. The van der Waals surface area contributed by atoms with E-state index in [2.05, 4.69) is 229 Å². The zero-order valence-electron chi connectivity index (χ0n) is 36.4. The number of anilines is 3. The Bertz CT molecular complexity index is 3730. The minimum atomic E-state index is 0.910. The summed E-state index contributed by atoms with van der Waals surface area (Å²) < 4.78 is 12.2. The van der Waals surface area contributed by atoms with Gasteiger partial charge >= 0.3 is 0 Å². The van der Waals surface area contributed by atoms with Crippen molar-refractivity contribution in [2.75, 3.05) is 4.90 Å². The first-order chi connectivity index (χ1) is 33.1. The Labute approximate surface area is 388 Å². The fourth-order valence-electron chi connectivity index (χ4n) is 9.75. The van der Waals surface area contributed by atoms with Gasteiger partial charge in [0.1, 0.15) is 22.3 Å². The van der Waals surface area contributed by atoms with Gasteiger partial charge in [0.2, 0.25) is 0 Å². The molecular formula is C64H41NO2. The van der Waals surface area contributed by atoms with Crippen molar-refractivity contribution in [3.63, 3.8) is 0 Å². The van der Waals surface area contributed by atoms with Crippen molar-refractivity contribution in [3.05, 3.63) is 249 Å². The van der Waals surface area contributed by atoms with Gasteiger partial charge in [0.05, 0.1) is 0 Å². The predicted octanol–water partition coefficient (Wildman–Crippen LogP) is 18.4. The van der Waals surface area contributed by atoms with Gasteiger partial charge < -0.3 is 13.7 Å². The summed E-state index contributed by atoms with van der Waals surface area (Å²) in [6, 6.07) is 89.1. The van der Waals surface area contributed by atoms with Crippen LogP contribution in [0.5, 0.6) is 0 Å². The maximum Gasteiger partial charge on any atom is 0.135 e. The lowest BCUT2D eigenvalue weighted by Gasteiger charge is -2.26. The smallest absolute Gasteiger partial charge is 0.135 e. The highest BCUT2D eigenvalue weighted by Crippen LogP contribution is 2.40. The first kappa shape index (κ1) is 38.5. The molecule has 3 nitrogen and oxygen atoms in total. The first-order valence-electron chi connectivity index (χ1n) is 22.8. The van der Waals surface area contributed by atoms with Crippen LogP contribution in [0.4, 0.5) is 17.1 Å². The number of furan rings is 2. The van der Waals surface area contributed by atoms with Crippen molar-refractivity contribution in [2.45, 2.75) is 0 Å². The van der Waals surface area contributed by atoms with Crippen LogP contribution in [-0.2, 0) is 0 Å². The number of para-hydroxylation sites is 2. The zero-order chi connectivity index (χ0) is 44.3. The van der Waals surface area contributed by atoms with E-state index >= 15 is 0 Å². The van der Waals surface area contributed by atoms with Gasteiger partial charge in [0.25, 0.3) is 0 Å². The van der Waals surface area contributed by atoms with E-state index in [1.807, 2.05) is 24.3 Å². The predicted molar refractivity (Wildman–Crippen MR) is 280 cm³/mol. The number of nitrogens with zero attached hydrogens (tertiary/aromatic N) is 1. The van der Waals surface area contributed by atoms with Crippen molar-refractivity contribution in [1.29, 1.82) is 0 Å². The molecule has 0 spiro atoms. The highest BCUT2D eigenvalue weighted by Gasteiger charge is 2.16. The van der Waals surface area contributed by atoms with Crippen LogP contribution >= 0.6 is 0 Å². The van der Waals surface area contributed by atoms with E-state index in [0.717, 1.165) is 72.1 Å². The molecule has 3 heteroatoms. The maximum atomic E-state index is 6.09. The van der Waals surface area contributed by atoms with Crippen LogP contribution in [0.3, 0.4) is 0 Å². The molecule has 11 aromatic carbocycles. The molecule has 0 aliphatic carbocycles. The topological polar surface area (TPSA) is 29.5 Å². The van der Waals surface area contributed by atoms with Crippen LogP contribution in [-0.4, -0.2) is 0 Å². The van der Waals surface area contributed by atoms with Gasteiger partial charge in [-0.15, -0.1) is 0 Å². The Morgan fingerprint density at radius 1 is 0.209 bits per heavy atom. The molecule has 67 heavy (non-hydrogen) atoms. The van der Waals surface area contributed by atoms with E-state index in [-0.39, 0.29) is 0 Å². The molecule has 0 saturated carbocycles. The van der Waals surface area contributed by atoms with Crippen LogP contribution in [0.1, 0.15) is 0 Å². The average molecular weight is 856 g/mol. The molecule has 13 rings (SSSR count). The zero-order valence-corrected chi connectivity index (χ0v) is 36.4. The fourth-order valence-corrected chi connectivity index (χ4v) is 9.75. The molecule has 0 N–H and O–H groups in total. The Kier molecular flexibility index (Phi) is 9.17. The molecule has 0 aliphatic rings. The fraction of sp³-hybridized carbons (Fsp3) is 0. The Hall–Kier alpha value is -8.92. The molecule has 0 amide bonds. The lowest BCUT2D eigenvalue weighted by Crippen LogP contribution is -2.09. The first-order valence-corrected chi connectivity index (χ1v) is 22.8. The van der Waals surface area contributed by atoms with E-state index in [0.29, 0.717) is 0 Å². The van der Waals surface area contributed by atoms with Gasteiger partial charge in [-0.3, -0.25) is 0 Å². The maximum absolute atomic E-state index is 6.09. The summed E-state index contributed by atoms with van der Waals surface area (Å²) in [5, 5.41) is 7.04. The summed E-state index contributed by atoms with van der Waals surface area (Å²) in [5.74, 6) is 0. The second-order valence-electron chi connectivity index (χ2n) is 17.3. The lowest BCUT2D eigenvalue weighted by molar-refractivity contribution is 0.668. The molecule has 314 valence electrons. The highest BCUT2D eigenvalue weighted by molar-refractivity contribution is 6.07. The third-order valence-corrected chi connectivity index (χ3v) is 13.3. The van der Waals surface area contributed by atoms with Gasteiger partial charge in [0.15, 0.2) is 0 Å². The van der Waals surface area contributed by atoms with E-state index in [9.17, 15) is 0 Å². The molecule has 0 fully saturated rings. The Morgan fingerprint density at radius 3 is 0.940 bits per heavy atom. The van der Waals surface area contributed by atoms with Gasteiger partial charge in [-0.1, -0.05) is 170 Å². The molecule has 0 unspecified atom stereocenters. The third-order valence-electron chi connectivity index (χ3n) is 13.3. The standard InChI is InChI=1S/C64H41NO2/c1-2-8-50-39-51(22-21-42(50)7-1)49-27-35-56(36-28-49)65(54-31-23-45(24-32-54)43-13-17-47(18-14-43)52-29-37-63-59(40-52)57-9-3-5-11-61(57)66-63)55-33-25-46(26-34-55)44-15-19-48(20-16-44)53-30-38-64-60(41-53)58-10-4-6-12-62(58)67-64/h1-41H. The van der Waals surface area contributed by atoms with Crippen LogP contribution in [0.15, 0.2) is 258 Å². The summed E-state index contributed by atoms with van der Waals surface area (Å²) in [6.45, 7) is 0. The van der Waals surface area contributed by atoms with Crippen LogP contribution in [0.25, 0.3) is 110 Å². The van der Waals surface area contributed by atoms with Crippen molar-refractivity contribution in [3.8, 4) is 55.6 Å². The average Bonchev–Trinajstić information content (AvgIpc) is 3.97. The normalized spacial score (nSPS) is 11.6. The third kappa shape index (κ3) is 7.02. The Balaban J connectivity index is 0.802. The van der Waals surface area contributed by atoms with Gasteiger partial charge in [-0.25, -0.2) is 0 Å². The van der Waals surface area contributed by atoms with Crippen molar-refractivity contribution < 1.29 is 8.83 Å². The lowest BCUT2D eigenvalue weighted by atomic mass is 9.98. The minimum absolute atomic E-state index is 0.910. The second kappa shape index (κ2) is 16.0. The molecule has 0 radical (unpaired) electrons. The minimum Gasteiger partial charge on any atom is -0.456 e. The quantitative estimate of drug-likeness (QED) is 0.152. The molecular weight excluding hydrogens is 815 g/mol. The number of benzene rings is 11. The van der Waals surface area contributed by atoms with Gasteiger partial charge in [0, 0.05) is 38.6 Å². The molecule has 0 aliphatic heterocycles. The SMILES string of the molecule is c1ccc2cc(-c3ccc(N(c4ccc(-c5ccc(-c6ccc7oc8ccccc8c7c6)cc5)cc4)c4ccc(-c5ccc(-c6ccc7oc8ccccc8c7c6)cc5)cc4)cc3)ccc2c1. The summed E-state index contributed by atoms with van der Waals surface area (Å²) in [4.78, 5) is 2.34. The summed E-state index contributed by atoms with van der Waals surface area (Å²) in [6.07, 6.45) is 0. The van der Waals surface area contributed by atoms with Crippen molar-refractivity contribution >= 4 is 71.7 Å². The second-order valence-corrected chi connectivity index (χ2v) is 17.3. The van der Waals surface area contributed by atoms with E-state index in [1.54, 1.807) is 0 Å². The van der Waals surface area contributed by atoms with Gasteiger partial charge in [-0.05, 0) is 145 Å². The molecule has 2 aromatic heterocycles. The van der Waals surface area contributed by atoms with E-state index < -0.39 is 0 Å². The Morgan fingerprint density at radius 2 is 0.507 bits per heavy atom. The van der Waals surface area contributed by atoms with E-state index in [1.165, 1.54) is 55.3 Å². The van der Waals surface area contributed by atoms with Crippen molar-refractivity contribution in [2.24, 2.45) is 0 Å². The van der Waals surface area contributed by atoms with Crippen LogP contribution < -0.4 is 4.90 Å². The van der Waals surface area contributed by atoms with E-state index in [4.69, 9.17) is 8.83 Å². The summed E-state index contributed by atoms with van der Waals surface area (Å²) in [7, 11) is 0. The number of hydrogen-bond acceptors (Lipinski definition) is 3. The number of rotatable bonds is 8. The highest BCUT2D eigenvalue weighted by atomic mass is 16.3. The van der Waals surface area contributed by atoms with Crippen molar-refractivity contribution in [1.82, 2.24) is 0 Å².